The molecule has 1 saturated carbocycles. The number of hydrogen-bond donors (Lipinski definition) is 1. The molecule has 98 valence electrons. The first kappa shape index (κ1) is 13.3. The van der Waals surface area contributed by atoms with Crippen LogP contribution in [-0.4, -0.2) is 10.9 Å². The number of rotatable bonds is 3. The summed E-state index contributed by atoms with van der Waals surface area (Å²) < 4.78 is 0. The van der Waals surface area contributed by atoms with Crippen LogP contribution in [0.25, 0.3) is 0 Å². The second kappa shape index (κ2) is 5.23. The van der Waals surface area contributed by atoms with Gasteiger partial charge in [0.1, 0.15) is 5.78 Å². The van der Waals surface area contributed by atoms with E-state index in [1.54, 1.807) is 0 Å². The van der Waals surface area contributed by atoms with Gasteiger partial charge in [-0.15, -0.1) is 0 Å². The predicted molar refractivity (Wildman–Crippen MR) is 72.4 cm³/mol. The number of aliphatic hydroxyl groups is 1. The highest BCUT2D eigenvalue weighted by Crippen LogP contribution is 2.36. The molecule has 1 fully saturated rings. The number of carbonyl (C=O) groups excluding carboxylic acids is 1. The molecular formula is C16H22O2. The van der Waals surface area contributed by atoms with Crippen molar-refractivity contribution in [1.29, 1.82) is 0 Å². The van der Waals surface area contributed by atoms with Gasteiger partial charge in [0.15, 0.2) is 0 Å². The highest BCUT2D eigenvalue weighted by molar-refractivity contribution is 5.79. The van der Waals surface area contributed by atoms with Crippen LogP contribution in [0.1, 0.15) is 50.7 Å². The lowest BCUT2D eigenvalue weighted by Gasteiger charge is -2.32. The lowest BCUT2D eigenvalue weighted by molar-refractivity contribution is -0.125. The maximum absolute atomic E-state index is 11.3. The van der Waals surface area contributed by atoms with Crippen molar-refractivity contribution < 1.29 is 9.90 Å². The average Bonchev–Trinajstić information content (AvgIpc) is 2.33. The molecule has 2 rings (SSSR count). The zero-order valence-electron chi connectivity index (χ0n) is 11.3. The van der Waals surface area contributed by atoms with Gasteiger partial charge in [-0.1, -0.05) is 38.1 Å². The summed E-state index contributed by atoms with van der Waals surface area (Å²) in [6, 6.07) is 8.22. The smallest absolute Gasteiger partial charge is 0.133 e. The van der Waals surface area contributed by atoms with E-state index in [0.29, 0.717) is 31.6 Å². The fourth-order valence-electron chi connectivity index (χ4n) is 2.69. The molecule has 18 heavy (non-hydrogen) atoms. The fraction of sp³-hybridized carbons (Fsp3) is 0.562. The van der Waals surface area contributed by atoms with Crippen molar-refractivity contribution >= 4 is 5.78 Å². The standard InChI is InChI=1S/C16H22O2/c1-12(2)10-13-4-3-5-14(11-13)16(18)8-6-15(17)7-9-16/h3-5,11-12,18H,6-10H2,1-2H3. The largest absolute Gasteiger partial charge is 0.385 e. The van der Waals surface area contributed by atoms with E-state index in [1.165, 1.54) is 5.56 Å². The van der Waals surface area contributed by atoms with Crippen molar-refractivity contribution in [1.82, 2.24) is 0 Å². The monoisotopic (exact) mass is 246 g/mol. The van der Waals surface area contributed by atoms with Crippen LogP contribution in [0.3, 0.4) is 0 Å². The van der Waals surface area contributed by atoms with E-state index in [1.807, 2.05) is 12.1 Å². The Labute approximate surface area is 109 Å². The summed E-state index contributed by atoms with van der Waals surface area (Å²) in [5, 5.41) is 10.7. The van der Waals surface area contributed by atoms with Crippen LogP contribution in [0.5, 0.6) is 0 Å². The third kappa shape index (κ3) is 2.99. The summed E-state index contributed by atoms with van der Waals surface area (Å²) in [7, 11) is 0. The Morgan fingerprint density at radius 3 is 2.56 bits per heavy atom. The quantitative estimate of drug-likeness (QED) is 0.889. The van der Waals surface area contributed by atoms with Crippen molar-refractivity contribution in [3.05, 3.63) is 35.4 Å². The second-order valence-electron chi connectivity index (χ2n) is 5.87. The minimum absolute atomic E-state index is 0.276. The number of benzene rings is 1. The SMILES string of the molecule is CC(C)Cc1cccc(C2(O)CCC(=O)CC2)c1. The molecule has 1 aromatic carbocycles. The van der Waals surface area contributed by atoms with Crippen molar-refractivity contribution in [2.45, 2.75) is 51.6 Å². The van der Waals surface area contributed by atoms with Gasteiger partial charge < -0.3 is 5.11 Å². The number of ketones is 1. The first-order valence-electron chi connectivity index (χ1n) is 6.83. The molecule has 0 amide bonds. The number of Topliss-reactive ketones (excluding diaryl/α,β-unsaturated/α-hetero) is 1. The van der Waals surface area contributed by atoms with Crippen LogP contribution in [0.15, 0.2) is 24.3 Å². The van der Waals surface area contributed by atoms with Crippen LogP contribution in [0.2, 0.25) is 0 Å². The minimum atomic E-state index is -0.791. The molecule has 0 aliphatic heterocycles. The molecule has 1 aromatic rings. The Bertz CT molecular complexity index is 424. The van der Waals surface area contributed by atoms with E-state index < -0.39 is 5.60 Å². The molecule has 0 radical (unpaired) electrons. The van der Waals surface area contributed by atoms with Gasteiger partial charge in [-0.25, -0.2) is 0 Å². The average molecular weight is 246 g/mol. The van der Waals surface area contributed by atoms with Gasteiger partial charge in [0, 0.05) is 12.8 Å². The van der Waals surface area contributed by atoms with Crippen molar-refractivity contribution in [3.63, 3.8) is 0 Å². The molecule has 2 nitrogen and oxygen atoms in total. The second-order valence-corrected chi connectivity index (χ2v) is 5.87. The number of hydrogen-bond acceptors (Lipinski definition) is 2. The van der Waals surface area contributed by atoms with Crippen molar-refractivity contribution in [2.75, 3.05) is 0 Å². The fourth-order valence-corrected chi connectivity index (χ4v) is 2.69. The van der Waals surface area contributed by atoms with E-state index in [0.717, 1.165) is 12.0 Å². The molecule has 0 atom stereocenters. The van der Waals surface area contributed by atoms with E-state index in [4.69, 9.17) is 0 Å². The summed E-state index contributed by atoms with van der Waals surface area (Å²) >= 11 is 0. The summed E-state index contributed by atoms with van der Waals surface area (Å²) in [4.78, 5) is 11.3. The first-order chi connectivity index (χ1) is 8.49. The summed E-state index contributed by atoms with van der Waals surface area (Å²) in [5.74, 6) is 0.890. The molecule has 0 unspecified atom stereocenters. The Hall–Kier alpha value is -1.15. The Morgan fingerprint density at radius 2 is 1.94 bits per heavy atom. The van der Waals surface area contributed by atoms with Crippen molar-refractivity contribution in [2.24, 2.45) is 5.92 Å². The van der Waals surface area contributed by atoms with E-state index >= 15 is 0 Å². The topological polar surface area (TPSA) is 37.3 Å². The van der Waals surface area contributed by atoms with Crippen LogP contribution in [0, 0.1) is 5.92 Å². The Kier molecular flexibility index (Phi) is 3.86. The zero-order chi connectivity index (χ0) is 13.2. The van der Waals surface area contributed by atoms with E-state index in [2.05, 4.69) is 26.0 Å². The molecule has 0 saturated heterocycles. The van der Waals surface area contributed by atoms with E-state index in [-0.39, 0.29) is 5.78 Å². The molecule has 0 bridgehead atoms. The highest BCUT2D eigenvalue weighted by atomic mass is 16.3. The van der Waals surface area contributed by atoms with Gasteiger partial charge in [-0.3, -0.25) is 4.79 Å². The molecule has 0 heterocycles. The van der Waals surface area contributed by atoms with Gasteiger partial charge in [-0.2, -0.15) is 0 Å². The predicted octanol–water partition coefficient (Wildman–Crippen LogP) is 3.22. The van der Waals surface area contributed by atoms with Gasteiger partial charge in [-0.05, 0) is 36.3 Å². The van der Waals surface area contributed by atoms with Crippen LogP contribution >= 0.6 is 0 Å². The summed E-state index contributed by atoms with van der Waals surface area (Å²) in [5.41, 5.74) is 1.46. The zero-order valence-corrected chi connectivity index (χ0v) is 11.3. The highest BCUT2D eigenvalue weighted by Gasteiger charge is 2.34. The molecule has 0 spiro atoms. The van der Waals surface area contributed by atoms with Crippen molar-refractivity contribution in [3.8, 4) is 0 Å². The molecule has 1 aliphatic rings. The molecule has 1 aliphatic carbocycles. The maximum Gasteiger partial charge on any atom is 0.133 e. The summed E-state index contributed by atoms with van der Waals surface area (Å²) in [6.45, 7) is 4.39. The van der Waals surface area contributed by atoms with E-state index in [9.17, 15) is 9.90 Å². The third-order valence-electron chi connectivity index (χ3n) is 3.74. The third-order valence-corrected chi connectivity index (χ3v) is 3.74. The summed E-state index contributed by atoms with van der Waals surface area (Å²) in [6.07, 6.45) is 3.17. The van der Waals surface area contributed by atoms with Crippen LogP contribution in [-0.2, 0) is 16.8 Å². The normalized spacial score (nSPS) is 19.2. The molecule has 2 heteroatoms. The van der Waals surface area contributed by atoms with Crippen LogP contribution < -0.4 is 0 Å². The lowest BCUT2D eigenvalue weighted by atomic mass is 9.78. The first-order valence-corrected chi connectivity index (χ1v) is 6.83. The van der Waals surface area contributed by atoms with Gasteiger partial charge in [0.05, 0.1) is 5.60 Å². The Balaban J connectivity index is 2.19. The minimum Gasteiger partial charge on any atom is -0.385 e. The Morgan fingerprint density at radius 1 is 1.28 bits per heavy atom. The molecular weight excluding hydrogens is 224 g/mol. The van der Waals surface area contributed by atoms with Gasteiger partial charge >= 0.3 is 0 Å². The lowest BCUT2D eigenvalue weighted by Crippen LogP contribution is -2.31. The number of carbonyl (C=O) groups is 1. The van der Waals surface area contributed by atoms with Crippen LogP contribution in [0.4, 0.5) is 0 Å². The van der Waals surface area contributed by atoms with Gasteiger partial charge in [0.25, 0.3) is 0 Å². The molecule has 0 aromatic heterocycles. The molecule has 1 N–H and O–H groups in total. The maximum atomic E-state index is 11.3. The van der Waals surface area contributed by atoms with Gasteiger partial charge in [0.2, 0.25) is 0 Å².